The molecule has 2 atom stereocenters. The second-order valence-corrected chi connectivity index (χ2v) is 9.28. The summed E-state index contributed by atoms with van der Waals surface area (Å²) in [5, 5.41) is 2.19. The normalized spacial score (nSPS) is 17.3. The van der Waals surface area contributed by atoms with Crippen LogP contribution >= 0.6 is 32.0 Å². The molecule has 3 rings (SSSR count). The van der Waals surface area contributed by atoms with Crippen LogP contribution in [0.5, 0.6) is 5.75 Å². The molecule has 2 amide bonds. The Hall–Kier alpha value is -1.67. The van der Waals surface area contributed by atoms with Crippen LogP contribution in [-0.2, 0) is 24.8 Å². The van der Waals surface area contributed by atoms with Crippen molar-refractivity contribution in [3.8, 4) is 5.75 Å². The number of hydrogen-bond acceptors (Lipinski definition) is 7. The topological polar surface area (TPSA) is 83.1 Å². The number of hydrogen-bond donors (Lipinski definition) is 1. The van der Waals surface area contributed by atoms with Crippen LogP contribution in [0.25, 0.3) is 0 Å². The van der Waals surface area contributed by atoms with E-state index in [0.29, 0.717) is 17.2 Å². The highest BCUT2D eigenvalue weighted by atomic mass is 35.5. The van der Waals surface area contributed by atoms with Gasteiger partial charge in [-0.05, 0) is 41.8 Å². The zero-order valence-corrected chi connectivity index (χ0v) is 18.8. The predicted octanol–water partition coefficient (Wildman–Crippen LogP) is 4.89. The van der Waals surface area contributed by atoms with Crippen molar-refractivity contribution >= 4 is 43.1 Å². The highest BCUT2D eigenvalue weighted by Crippen LogP contribution is 2.43. The number of rotatable bonds is 10. The lowest BCUT2D eigenvalue weighted by atomic mass is 10.1. The van der Waals surface area contributed by atoms with Crippen molar-refractivity contribution in [2.75, 3.05) is 20.8 Å². The number of nitrogens with one attached hydrogen (secondary N) is 1. The van der Waals surface area contributed by atoms with Crippen LogP contribution < -0.4 is 10.1 Å². The molecule has 1 aliphatic heterocycles. The van der Waals surface area contributed by atoms with E-state index in [4.69, 9.17) is 29.9 Å². The minimum Gasteiger partial charge on any atom is -0.491 e. The van der Waals surface area contributed by atoms with Gasteiger partial charge in [0.2, 0.25) is 5.91 Å². The molecule has 7 nitrogen and oxygen atoms in total. The number of carbonyl (C=O) groups excluding carboxylic acids is 2. The Morgan fingerprint density at radius 2 is 1.87 bits per heavy atom. The smallest absolute Gasteiger partial charge is 0.332 e. The molecule has 0 spiro atoms. The van der Waals surface area contributed by atoms with Crippen LogP contribution in [0.4, 0.5) is 4.79 Å². The average molecular weight is 470 g/mol. The molecule has 0 aliphatic carbocycles. The van der Waals surface area contributed by atoms with E-state index in [1.54, 1.807) is 6.07 Å². The minimum absolute atomic E-state index is 0.223. The largest absolute Gasteiger partial charge is 0.491 e. The molecule has 1 saturated heterocycles. The van der Waals surface area contributed by atoms with Gasteiger partial charge in [0.1, 0.15) is 18.5 Å². The summed E-state index contributed by atoms with van der Waals surface area (Å²) in [6.07, 6.45) is 0.0296. The molecular weight excluding hydrogens is 449 g/mol. The summed E-state index contributed by atoms with van der Waals surface area (Å²) in [7, 11) is 1.51. The number of carbonyl (C=O) groups is 2. The zero-order valence-electron chi connectivity index (χ0n) is 16.4. The van der Waals surface area contributed by atoms with Gasteiger partial charge in [0, 0.05) is 19.2 Å². The molecule has 10 heteroatoms. The molecule has 0 aromatic heterocycles. The van der Waals surface area contributed by atoms with Gasteiger partial charge in [-0.2, -0.15) is 0 Å². The van der Waals surface area contributed by atoms with E-state index in [1.165, 1.54) is 14.2 Å². The van der Waals surface area contributed by atoms with Crippen LogP contribution in [0.1, 0.15) is 17.2 Å². The van der Waals surface area contributed by atoms with Crippen LogP contribution in [0.3, 0.4) is 0 Å². The first-order valence-corrected chi connectivity index (χ1v) is 11.4. The van der Waals surface area contributed by atoms with Gasteiger partial charge in [-0.25, -0.2) is 0 Å². The van der Waals surface area contributed by atoms with Crippen molar-refractivity contribution in [1.29, 1.82) is 0 Å². The number of halogens is 1. The Balaban J connectivity index is 1.63. The third kappa shape index (κ3) is 6.41. The molecule has 2 unspecified atom stereocenters. The van der Waals surface area contributed by atoms with E-state index in [2.05, 4.69) is 5.32 Å². The van der Waals surface area contributed by atoms with Gasteiger partial charge in [-0.15, -0.1) is 0 Å². The first-order chi connectivity index (χ1) is 14.5. The first-order valence-electron chi connectivity index (χ1n) is 9.02. The molecule has 30 heavy (non-hydrogen) atoms. The van der Waals surface area contributed by atoms with Gasteiger partial charge >= 0.3 is 8.60 Å². The highest BCUT2D eigenvalue weighted by Gasteiger charge is 2.31. The van der Waals surface area contributed by atoms with Gasteiger partial charge in [0.05, 0.1) is 5.25 Å². The van der Waals surface area contributed by atoms with Gasteiger partial charge < -0.3 is 18.3 Å². The van der Waals surface area contributed by atoms with Gasteiger partial charge in [-0.3, -0.25) is 14.9 Å². The maximum absolute atomic E-state index is 11.7. The molecule has 0 saturated carbocycles. The van der Waals surface area contributed by atoms with Crippen molar-refractivity contribution in [2.24, 2.45) is 0 Å². The van der Waals surface area contributed by atoms with E-state index in [0.717, 1.165) is 22.9 Å². The molecule has 0 radical (unpaired) electrons. The minimum atomic E-state index is -1.52. The van der Waals surface area contributed by atoms with Gasteiger partial charge in [0.25, 0.3) is 5.24 Å². The number of benzene rings is 2. The van der Waals surface area contributed by atoms with Gasteiger partial charge in [0.15, 0.2) is 0 Å². The summed E-state index contributed by atoms with van der Waals surface area (Å²) in [6.45, 7) is 0.223. The Bertz CT molecular complexity index is 880. The van der Waals surface area contributed by atoms with E-state index in [1.807, 2.05) is 42.5 Å². The summed E-state index contributed by atoms with van der Waals surface area (Å²) >= 11 is 7.13. The van der Waals surface area contributed by atoms with Gasteiger partial charge in [-0.1, -0.05) is 47.6 Å². The molecule has 1 N–H and O–H groups in total. The summed E-state index contributed by atoms with van der Waals surface area (Å²) in [5.74, 6) is 0.396. The second-order valence-electron chi connectivity index (χ2n) is 6.28. The quantitative estimate of drug-likeness (QED) is 0.496. The standard InChI is InChI=1S/C20H21ClNO6PS/c1-25-29(26-2)28-17(14-4-3-5-15(21)11-14)12-27-16-8-6-13(7-9-16)10-18-19(23)22-20(24)30-18/h3-9,11,17-18H,10,12H2,1-2H3,(H,22,23,24). The lowest BCUT2D eigenvalue weighted by Gasteiger charge is -2.22. The summed E-state index contributed by atoms with van der Waals surface area (Å²) in [4.78, 5) is 23.0. The number of thioether (sulfide) groups is 1. The lowest BCUT2D eigenvalue weighted by molar-refractivity contribution is -0.118. The van der Waals surface area contributed by atoms with Crippen molar-refractivity contribution < 1.29 is 27.9 Å². The molecule has 2 aromatic carbocycles. The average Bonchev–Trinajstić information content (AvgIpc) is 3.06. The SMILES string of the molecule is COP(OC)OC(COc1ccc(CC2SC(=O)NC2=O)cc1)c1cccc(Cl)c1. The molecule has 2 aromatic rings. The molecular formula is C20H21ClNO6PS. The second kappa shape index (κ2) is 11.1. The summed E-state index contributed by atoms with van der Waals surface area (Å²) < 4.78 is 22.2. The lowest BCUT2D eigenvalue weighted by Crippen LogP contribution is -2.25. The van der Waals surface area contributed by atoms with Crippen molar-refractivity contribution in [3.63, 3.8) is 0 Å². The first kappa shape index (κ1) is 23.0. The van der Waals surface area contributed by atoms with E-state index in [-0.39, 0.29) is 17.8 Å². The van der Waals surface area contributed by atoms with Crippen LogP contribution in [-0.4, -0.2) is 37.2 Å². The van der Waals surface area contributed by atoms with E-state index >= 15 is 0 Å². The molecule has 160 valence electrons. The fourth-order valence-electron chi connectivity index (χ4n) is 2.79. The number of imide groups is 1. The third-order valence-electron chi connectivity index (χ3n) is 4.24. The molecule has 1 heterocycles. The maximum Gasteiger partial charge on any atom is 0.332 e. The fourth-order valence-corrected chi connectivity index (χ4v) is 4.56. The monoisotopic (exact) mass is 469 g/mol. The van der Waals surface area contributed by atoms with Crippen LogP contribution in [0, 0.1) is 0 Å². The highest BCUT2D eigenvalue weighted by molar-refractivity contribution is 8.15. The van der Waals surface area contributed by atoms with Crippen molar-refractivity contribution in [2.45, 2.75) is 17.8 Å². The Morgan fingerprint density at radius 1 is 1.13 bits per heavy atom. The summed E-state index contributed by atoms with van der Waals surface area (Å²) in [6, 6.07) is 14.7. The third-order valence-corrected chi connectivity index (χ3v) is 6.48. The Kier molecular flexibility index (Phi) is 8.50. The predicted molar refractivity (Wildman–Crippen MR) is 117 cm³/mol. The van der Waals surface area contributed by atoms with Crippen molar-refractivity contribution in [3.05, 3.63) is 64.7 Å². The Labute approximate surface area is 185 Å². The van der Waals surface area contributed by atoms with E-state index < -0.39 is 20.0 Å². The maximum atomic E-state index is 11.7. The zero-order chi connectivity index (χ0) is 21.5. The molecule has 1 aliphatic rings. The number of ether oxygens (including phenoxy) is 1. The fraction of sp³-hybridized carbons (Fsp3) is 0.300. The van der Waals surface area contributed by atoms with Crippen LogP contribution in [0.2, 0.25) is 5.02 Å². The van der Waals surface area contributed by atoms with Crippen molar-refractivity contribution in [1.82, 2.24) is 5.32 Å². The Morgan fingerprint density at radius 3 is 2.47 bits per heavy atom. The van der Waals surface area contributed by atoms with Crippen LogP contribution in [0.15, 0.2) is 48.5 Å². The molecule has 0 bridgehead atoms. The number of amides is 2. The van der Waals surface area contributed by atoms with E-state index in [9.17, 15) is 9.59 Å². The summed E-state index contributed by atoms with van der Waals surface area (Å²) in [5.41, 5.74) is 1.78. The molecule has 1 fully saturated rings.